The van der Waals surface area contributed by atoms with Crippen molar-refractivity contribution in [1.82, 2.24) is 4.72 Å². The first-order valence-corrected chi connectivity index (χ1v) is 10.2. The Morgan fingerprint density at radius 2 is 1.95 bits per heavy atom. The van der Waals surface area contributed by atoms with Crippen LogP contribution in [0.15, 0.2) is 27.6 Å². The van der Waals surface area contributed by atoms with E-state index in [0.29, 0.717) is 16.7 Å². The highest BCUT2D eigenvalue weighted by Crippen LogP contribution is 2.24. The predicted molar refractivity (Wildman–Crippen MR) is 90.6 cm³/mol. The monoisotopic (exact) mass is 380 g/mol. The number of hydrogen-bond acceptors (Lipinski definition) is 4. The highest BCUT2D eigenvalue weighted by molar-refractivity contribution is 9.10. The van der Waals surface area contributed by atoms with Crippen molar-refractivity contribution in [3.63, 3.8) is 0 Å². The zero-order chi connectivity index (χ0) is 15.0. The van der Waals surface area contributed by atoms with Gasteiger partial charge in [-0.3, -0.25) is 0 Å². The first kappa shape index (κ1) is 17.8. The van der Waals surface area contributed by atoms with Crippen LogP contribution in [0.5, 0.6) is 0 Å². The van der Waals surface area contributed by atoms with Gasteiger partial charge in [0.05, 0.1) is 4.90 Å². The van der Waals surface area contributed by atoms with Crippen molar-refractivity contribution in [2.75, 3.05) is 24.3 Å². The summed E-state index contributed by atoms with van der Waals surface area (Å²) in [5.41, 5.74) is 6.14. The molecule has 0 amide bonds. The fraction of sp³-hybridized carbons (Fsp3) is 0.538. The maximum atomic E-state index is 12.1. The number of benzene rings is 1. The van der Waals surface area contributed by atoms with Gasteiger partial charge in [-0.05, 0) is 59.0 Å². The number of hydrogen-bond donors (Lipinski definition) is 2. The summed E-state index contributed by atoms with van der Waals surface area (Å²) >= 11 is 5.08. The van der Waals surface area contributed by atoms with Crippen LogP contribution in [-0.4, -0.2) is 27.0 Å². The van der Waals surface area contributed by atoms with Crippen LogP contribution in [0.3, 0.4) is 0 Å². The Kier molecular flexibility index (Phi) is 7.94. The van der Waals surface area contributed by atoms with Crippen LogP contribution >= 0.6 is 27.7 Å². The molecule has 0 aliphatic carbocycles. The van der Waals surface area contributed by atoms with Gasteiger partial charge in [0, 0.05) is 16.7 Å². The lowest BCUT2D eigenvalue weighted by molar-refractivity contribution is 0.573. The lowest BCUT2D eigenvalue weighted by Crippen LogP contribution is -2.25. The van der Waals surface area contributed by atoms with E-state index in [4.69, 9.17) is 5.73 Å². The summed E-state index contributed by atoms with van der Waals surface area (Å²) in [4.78, 5) is 0.231. The third-order valence-electron chi connectivity index (χ3n) is 2.81. The molecule has 3 N–H and O–H groups in total. The molecule has 0 fully saturated rings. The van der Waals surface area contributed by atoms with Crippen LogP contribution in [0.2, 0.25) is 0 Å². The molecule has 20 heavy (non-hydrogen) atoms. The average molecular weight is 381 g/mol. The SMILES string of the molecule is CSCCCCCCNS(=O)(=O)c1ccc(N)cc1Br. The molecule has 0 aliphatic heterocycles. The second-order valence-electron chi connectivity index (χ2n) is 4.49. The van der Waals surface area contributed by atoms with Crippen LogP contribution < -0.4 is 10.5 Å². The Balaban J connectivity index is 2.42. The van der Waals surface area contributed by atoms with Crippen molar-refractivity contribution in [3.8, 4) is 0 Å². The van der Waals surface area contributed by atoms with Gasteiger partial charge in [-0.15, -0.1) is 0 Å². The van der Waals surface area contributed by atoms with Gasteiger partial charge in [-0.25, -0.2) is 13.1 Å². The normalized spacial score (nSPS) is 11.7. The van der Waals surface area contributed by atoms with E-state index in [2.05, 4.69) is 26.9 Å². The molecular weight excluding hydrogens is 360 g/mol. The smallest absolute Gasteiger partial charge is 0.241 e. The van der Waals surface area contributed by atoms with Gasteiger partial charge in [-0.2, -0.15) is 11.8 Å². The van der Waals surface area contributed by atoms with E-state index < -0.39 is 10.0 Å². The minimum Gasteiger partial charge on any atom is -0.399 e. The van der Waals surface area contributed by atoms with E-state index in [9.17, 15) is 8.42 Å². The van der Waals surface area contributed by atoms with Crippen molar-refractivity contribution in [2.24, 2.45) is 0 Å². The summed E-state index contributed by atoms with van der Waals surface area (Å²) in [7, 11) is -3.46. The van der Waals surface area contributed by atoms with Crippen molar-refractivity contribution >= 4 is 43.4 Å². The first-order chi connectivity index (χ1) is 9.47. The van der Waals surface area contributed by atoms with E-state index in [1.54, 1.807) is 12.1 Å². The molecule has 0 aliphatic rings. The quantitative estimate of drug-likeness (QED) is 0.509. The molecule has 1 aromatic rings. The highest BCUT2D eigenvalue weighted by Gasteiger charge is 2.16. The average Bonchev–Trinajstić information content (AvgIpc) is 2.37. The Morgan fingerprint density at radius 1 is 1.25 bits per heavy atom. The van der Waals surface area contributed by atoms with Gasteiger partial charge in [0.15, 0.2) is 0 Å². The lowest BCUT2D eigenvalue weighted by Gasteiger charge is -2.09. The van der Waals surface area contributed by atoms with E-state index in [0.717, 1.165) is 19.3 Å². The van der Waals surface area contributed by atoms with Crippen LogP contribution in [0.25, 0.3) is 0 Å². The van der Waals surface area contributed by atoms with E-state index >= 15 is 0 Å². The van der Waals surface area contributed by atoms with Crippen LogP contribution in [0.1, 0.15) is 25.7 Å². The number of thioether (sulfide) groups is 1. The molecule has 0 unspecified atom stereocenters. The van der Waals surface area contributed by atoms with E-state index in [-0.39, 0.29) is 4.90 Å². The molecule has 114 valence electrons. The van der Waals surface area contributed by atoms with Crippen LogP contribution in [0.4, 0.5) is 5.69 Å². The summed E-state index contributed by atoms with van der Waals surface area (Å²) in [6.07, 6.45) is 6.34. The van der Waals surface area contributed by atoms with Crippen molar-refractivity contribution in [1.29, 1.82) is 0 Å². The Morgan fingerprint density at radius 3 is 2.60 bits per heavy atom. The maximum absolute atomic E-state index is 12.1. The molecule has 0 bridgehead atoms. The molecule has 4 nitrogen and oxygen atoms in total. The van der Waals surface area contributed by atoms with Crippen molar-refractivity contribution in [3.05, 3.63) is 22.7 Å². The maximum Gasteiger partial charge on any atom is 0.241 e. The molecule has 0 saturated carbocycles. The number of anilines is 1. The molecule has 0 heterocycles. The number of unbranched alkanes of at least 4 members (excludes halogenated alkanes) is 3. The molecule has 0 aromatic heterocycles. The van der Waals surface area contributed by atoms with Gasteiger partial charge < -0.3 is 5.73 Å². The molecule has 0 atom stereocenters. The third-order valence-corrected chi connectivity index (χ3v) is 5.95. The molecule has 0 spiro atoms. The topological polar surface area (TPSA) is 72.2 Å². The number of nitrogen functional groups attached to an aromatic ring is 1. The predicted octanol–water partition coefficient (Wildman–Crippen LogP) is 3.23. The fourth-order valence-corrected chi connectivity index (χ4v) is 4.40. The summed E-state index contributed by atoms with van der Waals surface area (Å²) < 4.78 is 27.3. The Labute approximate surface area is 134 Å². The molecule has 7 heteroatoms. The highest BCUT2D eigenvalue weighted by atomic mass is 79.9. The second kappa shape index (κ2) is 8.92. The Bertz CT molecular complexity index is 521. The standard InChI is InChI=1S/C13H21BrN2O2S2/c1-19-9-5-3-2-4-8-16-20(17,18)13-7-6-11(15)10-12(13)14/h6-7,10,16H,2-5,8-9,15H2,1H3. The molecule has 1 rings (SSSR count). The molecule has 0 radical (unpaired) electrons. The van der Waals surface area contributed by atoms with E-state index in [1.807, 2.05) is 11.8 Å². The summed E-state index contributed by atoms with van der Waals surface area (Å²) in [5.74, 6) is 1.17. The minimum absolute atomic E-state index is 0.231. The van der Waals surface area contributed by atoms with Crippen LogP contribution in [-0.2, 0) is 10.0 Å². The first-order valence-electron chi connectivity index (χ1n) is 6.51. The number of nitrogens with two attached hydrogens (primary N) is 1. The zero-order valence-corrected chi connectivity index (χ0v) is 14.8. The van der Waals surface area contributed by atoms with Crippen molar-refractivity contribution in [2.45, 2.75) is 30.6 Å². The van der Waals surface area contributed by atoms with Gasteiger partial charge in [0.2, 0.25) is 10.0 Å². The summed E-state index contributed by atoms with van der Waals surface area (Å²) in [6, 6.07) is 4.69. The number of halogens is 1. The van der Waals surface area contributed by atoms with Crippen LogP contribution in [0, 0.1) is 0 Å². The van der Waals surface area contributed by atoms with Gasteiger partial charge in [-0.1, -0.05) is 12.8 Å². The molecular formula is C13H21BrN2O2S2. The molecule has 0 saturated heterocycles. The fourth-order valence-electron chi connectivity index (χ4n) is 1.74. The van der Waals surface area contributed by atoms with Gasteiger partial charge >= 0.3 is 0 Å². The second-order valence-corrected chi connectivity index (χ2v) is 8.07. The summed E-state index contributed by atoms with van der Waals surface area (Å²) in [5, 5.41) is 0. The lowest BCUT2D eigenvalue weighted by atomic mass is 10.2. The number of nitrogens with one attached hydrogen (secondary N) is 1. The van der Waals surface area contributed by atoms with Gasteiger partial charge in [0.1, 0.15) is 0 Å². The number of rotatable bonds is 9. The number of sulfonamides is 1. The third kappa shape index (κ3) is 6.03. The van der Waals surface area contributed by atoms with Gasteiger partial charge in [0.25, 0.3) is 0 Å². The Hall–Kier alpha value is -0.240. The van der Waals surface area contributed by atoms with E-state index in [1.165, 1.54) is 18.2 Å². The zero-order valence-electron chi connectivity index (χ0n) is 11.6. The minimum atomic E-state index is -3.46. The summed E-state index contributed by atoms with van der Waals surface area (Å²) in [6.45, 7) is 0.471. The van der Waals surface area contributed by atoms with Crippen molar-refractivity contribution < 1.29 is 8.42 Å². The molecule has 1 aromatic carbocycles. The largest absolute Gasteiger partial charge is 0.399 e.